The molecule has 0 atom stereocenters. The summed E-state index contributed by atoms with van der Waals surface area (Å²) in [6.07, 6.45) is 0.0773. The number of aromatic nitrogens is 1. The van der Waals surface area contributed by atoms with Crippen LogP contribution in [0.15, 0.2) is 83.4 Å². The van der Waals surface area contributed by atoms with Gasteiger partial charge in [-0.1, -0.05) is 35.5 Å². The summed E-state index contributed by atoms with van der Waals surface area (Å²) in [5, 5.41) is 13.1. The minimum Gasteiger partial charge on any atom is -0.356 e. The van der Waals surface area contributed by atoms with Crippen molar-refractivity contribution in [2.45, 2.75) is 6.42 Å². The Morgan fingerprint density at radius 1 is 0.727 bits per heavy atom. The Kier molecular flexibility index (Phi) is 6.75. The van der Waals surface area contributed by atoms with Crippen molar-refractivity contribution in [2.75, 3.05) is 18.4 Å². The number of carbonyl (C=O) groups is 3. The predicted octanol–water partition coefficient (Wildman–Crippen LogP) is 3.17. The van der Waals surface area contributed by atoms with Crippen LogP contribution in [0, 0.1) is 0 Å². The summed E-state index contributed by atoms with van der Waals surface area (Å²) in [6.45, 7) is 0.603. The van der Waals surface area contributed by atoms with Gasteiger partial charge in [0.1, 0.15) is 5.69 Å². The molecular weight excluding hydrogens is 420 g/mol. The Labute approximate surface area is 190 Å². The number of fused-ring (bicyclic) bond motifs is 1. The van der Waals surface area contributed by atoms with Crippen LogP contribution in [0.5, 0.6) is 0 Å². The molecule has 1 aromatic heterocycles. The molecule has 3 N–H and O–H groups in total. The fraction of sp³-hybridized carbons (Fsp3) is 0.120. The molecule has 0 aliphatic carbocycles. The van der Waals surface area contributed by atoms with Gasteiger partial charge in [-0.25, -0.2) is 0 Å². The van der Waals surface area contributed by atoms with Crippen molar-refractivity contribution in [3.05, 3.63) is 95.7 Å². The van der Waals surface area contributed by atoms with Gasteiger partial charge in [0, 0.05) is 35.3 Å². The van der Waals surface area contributed by atoms with Gasteiger partial charge in [0.05, 0.1) is 6.42 Å². The molecule has 1 heterocycles. The molecule has 3 amide bonds. The number of hydrogen-bond donors (Lipinski definition) is 3. The standard InChI is InChI=1S/C25H22N4O4/c30-23(16-21-20-8-4-5-9-22(20)33-29-21)28-19-12-10-18(11-13-19)25(32)27-15-14-26-24(31)17-6-2-1-3-7-17/h1-13H,14-16H2,(H,26,31)(H,27,32)(H,28,30). The van der Waals surface area contributed by atoms with Crippen molar-refractivity contribution >= 4 is 34.4 Å². The van der Waals surface area contributed by atoms with Crippen molar-refractivity contribution in [1.82, 2.24) is 15.8 Å². The molecule has 0 radical (unpaired) electrons. The number of hydrogen-bond acceptors (Lipinski definition) is 5. The van der Waals surface area contributed by atoms with Gasteiger partial charge >= 0.3 is 0 Å². The zero-order chi connectivity index (χ0) is 23.0. The highest BCUT2D eigenvalue weighted by atomic mass is 16.5. The molecule has 0 fully saturated rings. The molecule has 4 rings (SSSR count). The van der Waals surface area contributed by atoms with Crippen LogP contribution in [-0.2, 0) is 11.2 Å². The highest BCUT2D eigenvalue weighted by Gasteiger charge is 2.13. The van der Waals surface area contributed by atoms with E-state index >= 15 is 0 Å². The number of nitrogens with one attached hydrogen (secondary N) is 3. The largest absolute Gasteiger partial charge is 0.356 e. The molecule has 3 aromatic carbocycles. The SMILES string of the molecule is O=C(Cc1noc2ccccc12)Nc1ccc(C(=O)NCCNC(=O)c2ccccc2)cc1. The first-order valence-corrected chi connectivity index (χ1v) is 10.4. The number of rotatable bonds is 8. The van der Waals surface area contributed by atoms with E-state index in [0.717, 1.165) is 5.39 Å². The lowest BCUT2D eigenvalue weighted by Crippen LogP contribution is -2.34. The third-order valence-corrected chi connectivity index (χ3v) is 4.94. The molecule has 8 nitrogen and oxygen atoms in total. The van der Waals surface area contributed by atoms with E-state index in [1.54, 1.807) is 54.6 Å². The molecule has 8 heteroatoms. The zero-order valence-electron chi connectivity index (χ0n) is 17.7. The van der Waals surface area contributed by atoms with Crippen LogP contribution in [0.1, 0.15) is 26.4 Å². The smallest absolute Gasteiger partial charge is 0.251 e. The van der Waals surface area contributed by atoms with E-state index in [4.69, 9.17) is 4.52 Å². The van der Waals surface area contributed by atoms with E-state index in [1.165, 1.54) is 0 Å². The van der Waals surface area contributed by atoms with Crippen LogP contribution in [0.2, 0.25) is 0 Å². The highest BCUT2D eigenvalue weighted by molar-refractivity contribution is 5.97. The normalized spacial score (nSPS) is 10.5. The molecule has 0 saturated carbocycles. The topological polar surface area (TPSA) is 113 Å². The van der Waals surface area contributed by atoms with E-state index in [0.29, 0.717) is 41.2 Å². The van der Waals surface area contributed by atoms with Gasteiger partial charge in [-0.2, -0.15) is 0 Å². The highest BCUT2D eigenvalue weighted by Crippen LogP contribution is 2.18. The van der Waals surface area contributed by atoms with Gasteiger partial charge in [-0.15, -0.1) is 0 Å². The summed E-state index contributed by atoms with van der Waals surface area (Å²) < 4.78 is 5.22. The second-order valence-electron chi connectivity index (χ2n) is 7.31. The number of nitrogens with zero attached hydrogens (tertiary/aromatic N) is 1. The molecule has 0 spiro atoms. The molecule has 0 saturated heterocycles. The van der Waals surface area contributed by atoms with Crippen molar-refractivity contribution < 1.29 is 18.9 Å². The Morgan fingerprint density at radius 2 is 1.33 bits per heavy atom. The van der Waals surface area contributed by atoms with E-state index < -0.39 is 0 Å². The van der Waals surface area contributed by atoms with Crippen LogP contribution in [0.3, 0.4) is 0 Å². The molecule has 0 unspecified atom stereocenters. The lowest BCUT2D eigenvalue weighted by molar-refractivity contribution is -0.115. The Morgan fingerprint density at radius 3 is 2.03 bits per heavy atom. The predicted molar refractivity (Wildman–Crippen MR) is 124 cm³/mol. The van der Waals surface area contributed by atoms with Gasteiger partial charge < -0.3 is 20.5 Å². The van der Waals surface area contributed by atoms with E-state index in [9.17, 15) is 14.4 Å². The Hall–Kier alpha value is -4.46. The number of carbonyl (C=O) groups excluding carboxylic acids is 3. The van der Waals surface area contributed by atoms with Gasteiger partial charge in [0.15, 0.2) is 5.58 Å². The van der Waals surface area contributed by atoms with Crippen molar-refractivity contribution in [3.8, 4) is 0 Å². The number of para-hydroxylation sites is 1. The summed E-state index contributed by atoms with van der Waals surface area (Å²) in [6, 6.07) is 22.8. The number of amides is 3. The van der Waals surface area contributed by atoms with E-state index in [-0.39, 0.29) is 24.1 Å². The maximum atomic E-state index is 12.4. The van der Waals surface area contributed by atoms with Crippen LogP contribution >= 0.6 is 0 Å². The lowest BCUT2D eigenvalue weighted by Gasteiger charge is -2.08. The minimum atomic E-state index is -0.268. The second kappa shape index (κ2) is 10.2. The van der Waals surface area contributed by atoms with Crippen molar-refractivity contribution in [3.63, 3.8) is 0 Å². The summed E-state index contributed by atoms with van der Waals surface area (Å²) >= 11 is 0. The zero-order valence-corrected chi connectivity index (χ0v) is 17.7. The molecule has 33 heavy (non-hydrogen) atoms. The maximum absolute atomic E-state index is 12.4. The quantitative estimate of drug-likeness (QED) is 0.363. The fourth-order valence-corrected chi connectivity index (χ4v) is 3.27. The first-order valence-electron chi connectivity index (χ1n) is 10.4. The van der Waals surface area contributed by atoms with E-state index in [1.807, 2.05) is 24.3 Å². The van der Waals surface area contributed by atoms with Crippen LogP contribution < -0.4 is 16.0 Å². The molecule has 0 aliphatic rings. The second-order valence-corrected chi connectivity index (χ2v) is 7.31. The van der Waals surface area contributed by atoms with Gasteiger partial charge in [0.25, 0.3) is 11.8 Å². The summed E-state index contributed by atoms with van der Waals surface area (Å²) in [7, 11) is 0. The van der Waals surface area contributed by atoms with Crippen molar-refractivity contribution in [1.29, 1.82) is 0 Å². The molecule has 0 aliphatic heterocycles. The monoisotopic (exact) mass is 442 g/mol. The minimum absolute atomic E-state index is 0.0773. The molecule has 4 aromatic rings. The average Bonchev–Trinajstić information content (AvgIpc) is 3.25. The van der Waals surface area contributed by atoms with Crippen LogP contribution in [-0.4, -0.2) is 36.0 Å². The summed E-state index contributed by atoms with van der Waals surface area (Å²) in [4.78, 5) is 36.6. The van der Waals surface area contributed by atoms with Gasteiger partial charge in [-0.05, 0) is 48.5 Å². The summed E-state index contributed by atoms with van der Waals surface area (Å²) in [5.74, 6) is -0.695. The van der Waals surface area contributed by atoms with E-state index in [2.05, 4.69) is 21.1 Å². The van der Waals surface area contributed by atoms with Gasteiger partial charge in [-0.3, -0.25) is 14.4 Å². The first-order chi connectivity index (χ1) is 16.1. The first kappa shape index (κ1) is 21.8. The third-order valence-electron chi connectivity index (χ3n) is 4.94. The Bertz CT molecular complexity index is 1270. The molecule has 0 bridgehead atoms. The summed E-state index contributed by atoms with van der Waals surface area (Å²) in [5.41, 5.74) is 2.79. The lowest BCUT2D eigenvalue weighted by atomic mass is 10.1. The molecular formula is C25H22N4O4. The molecule has 166 valence electrons. The maximum Gasteiger partial charge on any atom is 0.251 e. The fourth-order valence-electron chi connectivity index (χ4n) is 3.27. The number of anilines is 1. The van der Waals surface area contributed by atoms with Crippen LogP contribution in [0.25, 0.3) is 11.0 Å². The van der Waals surface area contributed by atoms with Crippen molar-refractivity contribution in [2.24, 2.45) is 0 Å². The number of benzene rings is 3. The van der Waals surface area contributed by atoms with Gasteiger partial charge in [0.2, 0.25) is 5.91 Å². The average molecular weight is 442 g/mol. The third kappa shape index (κ3) is 5.62. The Balaban J connectivity index is 1.23. The van der Waals surface area contributed by atoms with Crippen LogP contribution in [0.4, 0.5) is 5.69 Å².